The highest BCUT2D eigenvalue weighted by molar-refractivity contribution is 7.18. The van der Waals surface area contributed by atoms with Crippen LogP contribution < -0.4 is 5.32 Å². The summed E-state index contributed by atoms with van der Waals surface area (Å²) in [5.74, 6) is -1.31. The fourth-order valence-corrected chi connectivity index (χ4v) is 2.72. The van der Waals surface area contributed by atoms with Crippen LogP contribution in [-0.2, 0) is 4.74 Å². The van der Waals surface area contributed by atoms with Gasteiger partial charge in [-0.3, -0.25) is 4.79 Å². The van der Waals surface area contributed by atoms with E-state index in [1.54, 1.807) is 19.9 Å². The molecule has 0 saturated heterocycles. The van der Waals surface area contributed by atoms with Crippen molar-refractivity contribution >= 4 is 28.2 Å². The van der Waals surface area contributed by atoms with Gasteiger partial charge < -0.3 is 10.1 Å². The topological polar surface area (TPSA) is 55.4 Å². The first-order valence-corrected chi connectivity index (χ1v) is 7.17. The van der Waals surface area contributed by atoms with Gasteiger partial charge in [-0.1, -0.05) is 6.07 Å². The number of thiophene rings is 1. The van der Waals surface area contributed by atoms with Crippen LogP contribution in [0.4, 0.5) is 9.39 Å². The number of carbonyl (C=O) groups is 2. The van der Waals surface area contributed by atoms with Gasteiger partial charge in [-0.25, -0.2) is 9.18 Å². The molecule has 4 nitrogen and oxygen atoms in total. The van der Waals surface area contributed by atoms with Crippen molar-refractivity contribution in [2.45, 2.75) is 13.8 Å². The summed E-state index contributed by atoms with van der Waals surface area (Å²) in [6, 6.07) is 7.10. The molecular formula is C15H14FNO3S. The van der Waals surface area contributed by atoms with Crippen LogP contribution in [0.15, 0.2) is 30.3 Å². The van der Waals surface area contributed by atoms with Gasteiger partial charge >= 0.3 is 5.97 Å². The smallest absolute Gasteiger partial charge is 0.348 e. The van der Waals surface area contributed by atoms with E-state index in [4.69, 9.17) is 4.74 Å². The van der Waals surface area contributed by atoms with Gasteiger partial charge in [-0.2, -0.15) is 0 Å². The number of anilines is 1. The molecule has 6 heteroatoms. The molecule has 1 aromatic heterocycles. The highest BCUT2D eigenvalue weighted by atomic mass is 32.1. The predicted molar refractivity (Wildman–Crippen MR) is 79.4 cm³/mol. The lowest BCUT2D eigenvalue weighted by molar-refractivity contribution is 0.0531. The lowest BCUT2D eigenvalue weighted by Crippen LogP contribution is -2.10. The quantitative estimate of drug-likeness (QED) is 0.878. The number of hydrogen-bond acceptors (Lipinski definition) is 4. The summed E-state index contributed by atoms with van der Waals surface area (Å²) in [7, 11) is 0. The van der Waals surface area contributed by atoms with E-state index in [0.29, 0.717) is 16.5 Å². The van der Waals surface area contributed by atoms with E-state index in [1.807, 2.05) is 0 Å². The molecule has 0 aliphatic carbocycles. The summed E-state index contributed by atoms with van der Waals surface area (Å²) in [5, 5.41) is 3.17. The van der Waals surface area contributed by atoms with Gasteiger partial charge in [-0.05, 0) is 43.7 Å². The molecule has 0 atom stereocenters. The number of amides is 1. The second-order valence-corrected chi connectivity index (χ2v) is 5.36. The first kappa shape index (κ1) is 15.2. The zero-order valence-electron chi connectivity index (χ0n) is 11.6. The molecular weight excluding hydrogens is 293 g/mol. The second-order valence-electron chi connectivity index (χ2n) is 4.31. The molecule has 0 fully saturated rings. The molecule has 110 valence electrons. The number of carbonyl (C=O) groups excluding carboxylic acids is 2. The number of nitrogens with one attached hydrogen (secondary N) is 1. The third kappa shape index (κ3) is 3.66. The molecule has 2 rings (SSSR count). The molecule has 0 aliphatic heterocycles. The second kappa shape index (κ2) is 6.49. The molecule has 1 heterocycles. The number of hydrogen-bond donors (Lipinski definition) is 1. The Morgan fingerprint density at radius 1 is 1.33 bits per heavy atom. The number of esters is 1. The number of ether oxygens (including phenoxy) is 1. The molecule has 1 N–H and O–H groups in total. The largest absolute Gasteiger partial charge is 0.462 e. The average Bonchev–Trinajstić information content (AvgIpc) is 2.80. The van der Waals surface area contributed by atoms with Crippen molar-refractivity contribution in [2.75, 3.05) is 11.9 Å². The molecule has 0 aliphatic rings. The van der Waals surface area contributed by atoms with Crippen molar-refractivity contribution in [2.24, 2.45) is 0 Å². The Morgan fingerprint density at radius 2 is 2.10 bits per heavy atom. The van der Waals surface area contributed by atoms with Crippen LogP contribution >= 0.6 is 11.3 Å². The minimum absolute atomic E-state index is 0.221. The maximum atomic E-state index is 13.1. The summed E-state index contributed by atoms with van der Waals surface area (Å²) in [6.45, 7) is 3.79. The molecule has 0 spiro atoms. The predicted octanol–water partition coefficient (Wildman–Crippen LogP) is 3.62. The van der Waals surface area contributed by atoms with Crippen molar-refractivity contribution in [3.63, 3.8) is 0 Å². The normalized spacial score (nSPS) is 10.2. The molecule has 1 aromatic carbocycles. The highest BCUT2D eigenvalue weighted by Gasteiger charge is 2.16. The minimum Gasteiger partial charge on any atom is -0.462 e. The van der Waals surface area contributed by atoms with Gasteiger partial charge in [0.15, 0.2) is 0 Å². The molecule has 0 saturated carbocycles. The van der Waals surface area contributed by atoms with E-state index in [9.17, 15) is 14.0 Å². The Bertz CT molecular complexity index is 681. The van der Waals surface area contributed by atoms with E-state index in [1.165, 1.54) is 18.2 Å². The van der Waals surface area contributed by atoms with Gasteiger partial charge in [0.2, 0.25) is 0 Å². The Hall–Kier alpha value is -2.21. The summed E-state index contributed by atoms with van der Waals surface area (Å²) in [6.07, 6.45) is 0. The van der Waals surface area contributed by atoms with E-state index < -0.39 is 17.7 Å². The minimum atomic E-state index is -0.475. The standard InChI is InChI=1S/C15H14FNO3S/c1-3-20-15(19)13-9(2)7-12(21-13)17-14(18)10-5-4-6-11(16)8-10/h4-8H,3H2,1-2H3,(H,17,18). The van der Waals surface area contributed by atoms with Gasteiger partial charge in [0.25, 0.3) is 5.91 Å². The van der Waals surface area contributed by atoms with Gasteiger partial charge in [0, 0.05) is 5.56 Å². The third-order valence-electron chi connectivity index (χ3n) is 2.70. The molecule has 1 amide bonds. The zero-order valence-corrected chi connectivity index (χ0v) is 12.4. The summed E-state index contributed by atoms with van der Waals surface area (Å²) < 4.78 is 18.0. The Labute approximate surface area is 125 Å². The highest BCUT2D eigenvalue weighted by Crippen LogP contribution is 2.27. The van der Waals surface area contributed by atoms with Crippen LogP contribution in [0.2, 0.25) is 0 Å². The van der Waals surface area contributed by atoms with Crippen molar-refractivity contribution in [3.8, 4) is 0 Å². The first-order valence-electron chi connectivity index (χ1n) is 6.35. The van der Waals surface area contributed by atoms with Crippen molar-refractivity contribution < 1.29 is 18.7 Å². The number of aryl methyl sites for hydroxylation is 1. The Morgan fingerprint density at radius 3 is 2.76 bits per heavy atom. The van der Waals surface area contributed by atoms with Crippen molar-refractivity contribution in [1.82, 2.24) is 0 Å². The van der Waals surface area contributed by atoms with Gasteiger partial charge in [0.05, 0.1) is 11.6 Å². The zero-order chi connectivity index (χ0) is 15.4. The summed E-state index contributed by atoms with van der Waals surface area (Å²) in [4.78, 5) is 24.2. The van der Waals surface area contributed by atoms with Crippen LogP contribution in [0.3, 0.4) is 0 Å². The summed E-state index contributed by atoms with van der Waals surface area (Å²) >= 11 is 1.13. The lowest BCUT2D eigenvalue weighted by Gasteiger charge is -2.02. The maximum absolute atomic E-state index is 13.1. The van der Waals surface area contributed by atoms with E-state index in [0.717, 1.165) is 23.0 Å². The maximum Gasteiger partial charge on any atom is 0.348 e. The number of rotatable bonds is 4. The van der Waals surface area contributed by atoms with E-state index in [-0.39, 0.29) is 5.56 Å². The van der Waals surface area contributed by atoms with Crippen LogP contribution in [0.25, 0.3) is 0 Å². The summed E-state index contributed by atoms with van der Waals surface area (Å²) in [5.41, 5.74) is 0.951. The molecule has 2 aromatic rings. The number of halogens is 1. The molecule has 0 bridgehead atoms. The average molecular weight is 307 g/mol. The fourth-order valence-electron chi connectivity index (χ4n) is 1.76. The van der Waals surface area contributed by atoms with E-state index >= 15 is 0 Å². The van der Waals surface area contributed by atoms with Crippen LogP contribution in [0, 0.1) is 12.7 Å². The molecule has 21 heavy (non-hydrogen) atoms. The van der Waals surface area contributed by atoms with Crippen LogP contribution in [0.5, 0.6) is 0 Å². The third-order valence-corrected chi connectivity index (χ3v) is 3.83. The lowest BCUT2D eigenvalue weighted by atomic mass is 10.2. The Balaban J connectivity index is 2.15. The van der Waals surface area contributed by atoms with Gasteiger partial charge in [0.1, 0.15) is 10.7 Å². The molecule has 0 radical (unpaired) electrons. The first-order chi connectivity index (χ1) is 10.0. The van der Waals surface area contributed by atoms with Crippen molar-refractivity contribution in [3.05, 3.63) is 52.2 Å². The monoisotopic (exact) mass is 307 g/mol. The van der Waals surface area contributed by atoms with Crippen molar-refractivity contribution in [1.29, 1.82) is 0 Å². The van der Waals surface area contributed by atoms with E-state index in [2.05, 4.69) is 5.32 Å². The van der Waals surface area contributed by atoms with Crippen LogP contribution in [-0.4, -0.2) is 18.5 Å². The fraction of sp³-hybridized carbons (Fsp3) is 0.200. The van der Waals surface area contributed by atoms with Crippen LogP contribution in [0.1, 0.15) is 32.5 Å². The Kier molecular flexibility index (Phi) is 4.70. The molecule has 0 unspecified atom stereocenters. The SMILES string of the molecule is CCOC(=O)c1sc(NC(=O)c2cccc(F)c2)cc1C. The number of benzene rings is 1. The van der Waals surface area contributed by atoms with Gasteiger partial charge in [-0.15, -0.1) is 11.3 Å².